The minimum atomic E-state index is -0.148. The van der Waals surface area contributed by atoms with Gasteiger partial charge in [0.2, 0.25) is 0 Å². The Hall–Kier alpha value is -0.570. The third-order valence-electron chi connectivity index (χ3n) is 2.71. The lowest BCUT2D eigenvalue weighted by Crippen LogP contribution is -2.32. The van der Waals surface area contributed by atoms with Crippen LogP contribution in [0.5, 0.6) is 0 Å². The van der Waals surface area contributed by atoms with Gasteiger partial charge in [-0.15, -0.1) is 0 Å². The Morgan fingerprint density at radius 2 is 2.18 bits per heavy atom. The first-order valence-electron chi connectivity index (χ1n) is 3.84. The molecule has 0 aliphatic heterocycles. The number of hydrogen-bond donors (Lipinski definition) is 0. The van der Waals surface area contributed by atoms with Crippen LogP contribution < -0.4 is 0 Å². The summed E-state index contributed by atoms with van der Waals surface area (Å²) < 4.78 is 0. The van der Waals surface area contributed by atoms with Crippen LogP contribution in [-0.2, 0) is 9.63 Å². The van der Waals surface area contributed by atoms with E-state index in [2.05, 4.69) is 6.92 Å². The second kappa shape index (κ2) is 2.48. The van der Waals surface area contributed by atoms with Crippen molar-refractivity contribution in [3.63, 3.8) is 0 Å². The van der Waals surface area contributed by atoms with Crippen molar-refractivity contribution in [1.29, 1.82) is 0 Å². The van der Waals surface area contributed by atoms with Crippen LogP contribution in [0.25, 0.3) is 0 Å². The Kier molecular flexibility index (Phi) is 1.92. The molecule has 1 aliphatic carbocycles. The maximum atomic E-state index is 11.5. The molecule has 3 nitrogen and oxygen atoms in total. The van der Waals surface area contributed by atoms with Gasteiger partial charge in [-0.3, -0.25) is 9.63 Å². The minimum absolute atomic E-state index is 0.0903. The second-order valence-corrected chi connectivity index (χ2v) is 3.51. The average molecular weight is 157 g/mol. The molecule has 0 heterocycles. The summed E-state index contributed by atoms with van der Waals surface area (Å²) in [5, 5.41) is 1.31. The summed E-state index contributed by atoms with van der Waals surface area (Å²) >= 11 is 0. The minimum Gasteiger partial charge on any atom is -0.275 e. The quantitative estimate of drug-likeness (QED) is 0.561. The van der Waals surface area contributed by atoms with E-state index >= 15 is 0 Å². The molecule has 1 amide bonds. The first-order chi connectivity index (χ1) is 5.02. The smallest absolute Gasteiger partial charge is 0.252 e. The maximum Gasteiger partial charge on any atom is 0.252 e. The molecule has 1 saturated carbocycles. The number of hydrogen-bond acceptors (Lipinski definition) is 2. The molecule has 0 N–H and O–H groups in total. The molecule has 0 saturated heterocycles. The van der Waals surface area contributed by atoms with E-state index in [4.69, 9.17) is 4.84 Å². The van der Waals surface area contributed by atoms with Gasteiger partial charge in [0.15, 0.2) is 0 Å². The number of rotatable bonds is 2. The maximum absolute atomic E-state index is 11.5. The van der Waals surface area contributed by atoms with Crippen LogP contribution in [0.15, 0.2) is 0 Å². The van der Waals surface area contributed by atoms with Crippen molar-refractivity contribution in [2.24, 2.45) is 11.3 Å². The summed E-state index contributed by atoms with van der Waals surface area (Å²) in [4.78, 5) is 16.3. The van der Waals surface area contributed by atoms with Gasteiger partial charge in [-0.1, -0.05) is 13.8 Å². The van der Waals surface area contributed by atoms with Crippen LogP contribution in [0.4, 0.5) is 0 Å². The fourth-order valence-corrected chi connectivity index (χ4v) is 1.32. The molecule has 0 aromatic carbocycles. The number of amides is 1. The van der Waals surface area contributed by atoms with Gasteiger partial charge in [0.05, 0.1) is 12.5 Å². The highest BCUT2D eigenvalue weighted by Crippen LogP contribution is 2.52. The molecule has 1 aliphatic rings. The van der Waals surface area contributed by atoms with Gasteiger partial charge >= 0.3 is 0 Å². The van der Waals surface area contributed by atoms with Gasteiger partial charge in [-0.05, 0) is 12.3 Å². The molecule has 1 fully saturated rings. The second-order valence-electron chi connectivity index (χ2n) is 3.51. The van der Waals surface area contributed by atoms with E-state index in [1.807, 2.05) is 6.92 Å². The summed E-state index contributed by atoms with van der Waals surface area (Å²) in [5.41, 5.74) is -0.148. The lowest BCUT2D eigenvalue weighted by atomic mass is 10.1. The summed E-state index contributed by atoms with van der Waals surface area (Å²) in [6.07, 6.45) is 0.986. The zero-order valence-corrected chi connectivity index (χ0v) is 7.55. The molecule has 64 valence electrons. The standard InChI is InChI=1S/C8H15NO2/c1-6-5-8(6,2)7(10)9(3)11-4/h6H,5H2,1-4H3/t6-,8?/m0/s1. The third kappa shape index (κ3) is 1.25. The zero-order valence-electron chi connectivity index (χ0n) is 7.55. The summed E-state index contributed by atoms with van der Waals surface area (Å²) in [6, 6.07) is 0. The van der Waals surface area contributed by atoms with E-state index in [0.717, 1.165) is 6.42 Å². The first kappa shape index (κ1) is 8.53. The Labute approximate surface area is 67.3 Å². The zero-order chi connectivity index (χ0) is 8.65. The van der Waals surface area contributed by atoms with Crippen molar-refractivity contribution >= 4 is 5.91 Å². The van der Waals surface area contributed by atoms with Gasteiger partial charge in [-0.2, -0.15) is 0 Å². The monoisotopic (exact) mass is 157 g/mol. The fourth-order valence-electron chi connectivity index (χ4n) is 1.32. The highest BCUT2D eigenvalue weighted by atomic mass is 16.7. The van der Waals surface area contributed by atoms with Gasteiger partial charge in [0.1, 0.15) is 0 Å². The molecule has 0 bridgehead atoms. The number of nitrogens with zero attached hydrogens (tertiary/aromatic N) is 1. The Morgan fingerprint density at radius 1 is 1.73 bits per heavy atom. The molecule has 0 aromatic rings. The summed E-state index contributed by atoms with van der Waals surface area (Å²) in [6.45, 7) is 4.07. The Balaban J connectivity index is 2.56. The van der Waals surface area contributed by atoms with E-state index in [0.29, 0.717) is 5.92 Å². The van der Waals surface area contributed by atoms with Crippen molar-refractivity contribution in [2.45, 2.75) is 20.3 Å². The molecule has 3 heteroatoms. The van der Waals surface area contributed by atoms with Crippen LogP contribution in [-0.4, -0.2) is 25.1 Å². The van der Waals surface area contributed by atoms with Crippen LogP contribution in [0.2, 0.25) is 0 Å². The van der Waals surface area contributed by atoms with E-state index in [1.54, 1.807) is 7.05 Å². The fraction of sp³-hybridized carbons (Fsp3) is 0.875. The van der Waals surface area contributed by atoms with Gasteiger partial charge in [0, 0.05) is 7.05 Å². The van der Waals surface area contributed by atoms with Crippen molar-refractivity contribution in [3.8, 4) is 0 Å². The van der Waals surface area contributed by atoms with Crippen LogP contribution in [0.1, 0.15) is 20.3 Å². The predicted molar refractivity (Wildman–Crippen MR) is 41.7 cm³/mol. The highest BCUT2D eigenvalue weighted by Gasteiger charge is 2.54. The van der Waals surface area contributed by atoms with E-state index < -0.39 is 0 Å². The molecular weight excluding hydrogens is 142 g/mol. The van der Waals surface area contributed by atoms with Crippen molar-refractivity contribution in [2.75, 3.05) is 14.2 Å². The number of carbonyl (C=O) groups is 1. The Bertz CT molecular complexity index is 181. The Morgan fingerprint density at radius 3 is 2.45 bits per heavy atom. The van der Waals surface area contributed by atoms with E-state index in [-0.39, 0.29) is 11.3 Å². The molecule has 0 spiro atoms. The van der Waals surface area contributed by atoms with Crippen molar-refractivity contribution < 1.29 is 9.63 Å². The third-order valence-corrected chi connectivity index (χ3v) is 2.71. The number of carbonyl (C=O) groups excluding carboxylic acids is 1. The van der Waals surface area contributed by atoms with Gasteiger partial charge < -0.3 is 0 Å². The topological polar surface area (TPSA) is 29.5 Å². The van der Waals surface area contributed by atoms with E-state index in [1.165, 1.54) is 12.2 Å². The summed E-state index contributed by atoms with van der Waals surface area (Å²) in [7, 11) is 3.16. The van der Waals surface area contributed by atoms with E-state index in [9.17, 15) is 4.79 Å². The van der Waals surface area contributed by atoms with Crippen LogP contribution in [0.3, 0.4) is 0 Å². The molecule has 0 radical (unpaired) electrons. The molecule has 1 unspecified atom stereocenters. The lowest BCUT2D eigenvalue weighted by Gasteiger charge is -2.18. The van der Waals surface area contributed by atoms with Gasteiger partial charge in [0.25, 0.3) is 5.91 Å². The molecule has 2 atom stereocenters. The molecule has 1 rings (SSSR count). The predicted octanol–water partition coefficient (Wildman–Crippen LogP) is 1.05. The molecule has 11 heavy (non-hydrogen) atoms. The molecule has 0 aromatic heterocycles. The van der Waals surface area contributed by atoms with Gasteiger partial charge in [-0.25, -0.2) is 5.06 Å². The van der Waals surface area contributed by atoms with Crippen LogP contribution in [0, 0.1) is 11.3 Å². The SMILES string of the molecule is CON(C)C(=O)C1(C)C[C@@H]1C. The summed E-state index contributed by atoms with van der Waals surface area (Å²) in [5.74, 6) is 0.597. The lowest BCUT2D eigenvalue weighted by molar-refractivity contribution is -0.174. The molecular formula is C8H15NO2. The van der Waals surface area contributed by atoms with Crippen molar-refractivity contribution in [3.05, 3.63) is 0 Å². The average Bonchev–Trinajstić information content (AvgIpc) is 2.58. The highest BCUT2D eigenvalue weighted by molar-refractivity contribution is 5.84. The van der Waals surface area contributed by atoms with Crippen LogP contribution >= 0.6 is 0 Å². The normalized spacial score (nSPS) is 35.1. The first-order valence-corrected chi connectivity index (χ1v) is 3.84. The largest absolute Gasteiger partial charge is 0.275 e. The van der Waals surface area contributed by atoms with Crippen molar-refractivity contribution in [1.82, 2.24) is 5.06 Å². The number of hydroxylamine groups is 2.